The molecule has 1 aromatic rings. The Kier molecular flexibility index (Phi) is 6.81. The maximum atomic E-state index is 12.3. The van der Waals surface area contributed by atoms with E-state index in [1.807, 2.05) is 0 Å². The number of hydrogen-bond acceptors (Lipinski definition) is 8. The van der Waals surface area contributed by atoms with Crippen LogP contribution in [0, 0.1) is 0 Å². The number of alkyl halides is 3. The Balaban J connectivity index is 2.90. The lowest BCUT2D eigenvalue weighted by molar-refractivity contribution is -0.275. The van der Waals surface area contributed by atoms with E-state index in [2.05, 4.69) is 14.2 Å². The molecule has 0 aliphatic rings. The molecule has 0 bridgehead atoms. The summed E-state index contributed by atoms with van der Waals surface area (Å²) in [5.41, 5.74) is -0.237. The Morgan fingerprint density at radius 1 is 1.25 bits per heavy atom. The summed E-state index contributed by atoms with van der Waals surface area (Å²) in [4.78, 5) is 11.7. The number of carbonyl (C=O) groups excluding carboxylic acids is 1. The molecular formula is C12H12F3O8S-. The molecule has 0 spiro atoms. The van der Waals surface area contributed by atoms with Gasteiger partial charge in [-0.15, -0.1) is 13.2 Å². The second-order valence-corrected chi connectivity index (χ2v) is 5.68. The summed E-state index contributed by atoms with van der Waals surface area (Å²) in [5.74, 6) is -3.14. The highest BCUT2D eigenvalue weighted by atomic mass is 32.2. The molecule has 1 aromatic carbocycles. The largest absolute Gasteiger partial charge is 0.748 e. The predicted molar refractivity (Wildman–Crippen MR) is 70.5 cm³/mol. The van der Waals surface area contributed by atoms with E-state index in [9.17, 15) is 30.9 Å². The van der Waals surface area contributed by atoms with Gasteiger partial charge in [-0.05, 0) is 18.2 Å². The Labute approximate surface area is 134 Å². The molecule has 0 aliphatic carbocycles. The smallest absolute Gasteiger partial charge is 0.573 e. The van der Waals surface area contributed by atoms with Crippen LogP contribution in [0.15, 0.2) is 18.2 Å². The van der Waals surface area contributed by atoms with Crippen molar-refractivity contribution in [3.05, 3.63) is 23.8 Å². The fourth-order valence-corrected chi connectivity index (χ4v) is 1.69. The van der Waals surface area contributed by atoms with Gasteiger partial charge in [0.1, 0.15) is 6.61 Å². The first kappa shape index (κ1) is 20.0. The third kappa shape index (κ3) is 7.48. The number of benzene rings is 1. The molecule has 0 aromatic heterocycles. The first-order chi connectivity index (χ1) is 11.0. The van der Waals surface area contributed by atoms with E-state index >= 15 is 0 Å². The number of rotatable bonds is 8. The Morgan fingerprint density at radius 3 is 2.46 bits per heavy atom. The number of halogens is 3. The number of hydrogen-bond donors (Lipinski definition) is 0. The highest BCUT2D eigenvalue weighted by Crippen LogP contribution is 2.33. The Bertz CT molecular complexity index is 671. The summed E-state index contributed by atoms with van der Waals surface area (Å²) in [6, 6.07) is 2.67. The van der Waals surface area contributed by atoms with Gasteiger partial charge in [-0.2, -0.15) is 0 Å². The van der Waals surface area contributed by atoms with Gasteiger partial charge >= 0.3 is 12.3 Å². The number of methoxy groups -OCH3 is 1. The van der Waals surface area contributed by atoms with E-state index in [-0.39, 0.29) is 5.56 Å². The highest BCUT2D eigenvalue weighted by molar-refractivity contribution is 7.85. The maximum absolute atomic E-state index is 12.3. The van der Waals surface area contributed by atoms with Crippen LogP contribution in [0.25, 0.3) is 0 Å². The molecule has 12 heteroatoms. The quantitative estimate of drug-likeness (QED) is 0.380. The van der Waals surface area contributed by atoms with Gasteiger partial charge in [-0.1, -0.05) is 0 Å². The normalized spacial score (nSPS) is 11.9. The zero-order valence-corrected chi connectivity index (χ0v) is 13.0. The first-order valence-electron chi connectivity index (χ1n) is 6.14. The topological polar surface area (TPSA) is 111 Å². The zero-order chi connectivity index (χ0) is 18.4. The molecule has 0 radical (unpaired) electrons. The predicted octanol–water partition coefficient (Wildman–Crippen LogP) is 1.27. The van der Waals surface area contributed by atoms with Crippen LogP contribution in [0.1, 0.15) is 10.4 Å². The molecule has 0 N–H and O–H groups in total. The molecule has 0 amide bonds. The minimum atomic E-state index is -4.98. The van der Waals surface area contributed by atoms with E-state index in [1.54, 1.807) is 0 Å². The van der Waals surface area contributed by atoms with Crippen molar-refractivity contribution in [2.75, 3.05) is 26.3 Å². The van der Waals surface area contributed by atoms with Gasteiger partial charge in [0.25, 0.3) is 0 Å². The Hall–Kier alpha value is -2.05. The minimum Gasteiger partial charge on any atom is -0.748 e. The van der Waals surface area contributed by atoms with Crippen LogP contribution < -0.4 is 9.47 Å². The second kappa shape index (κ2) is 8.17. The molecule has 0 atom stereocenters. The van der Waals surface area contributed by atoms with Crippen molar-refractivity contribution >= 4 is 16.1 Å². The maximum Gasteiger partial charge on any atom is 0.573 e. The van der Waals surface area contributed by atoms with Gasteiger partial charge < -0.3 is 23.5 Å². The molecule has 0 aliphatic heterocycles. The molecule has 0 saturated heterocycles. The first-order valence-corrected chi connectivity index (χ1v) is 7.72. The summed E-state index contributed by atoms with van der Waals surface area (Å²) in [6.07, 6.45) is -4.98. The average molecular weight is 373 g/mol. The summed E-state index contributed by atoms with van der Waals surface area (Å²) >= 11 is 0. The average Bonchev–Trinajstić information content (AvgIpc) is 2.43. The van der Waals surface area contributed by atoms with Gasteiger partial charge in [0.15, 0.2) is 18.3 Å². The van der Waals surface area contributed by atoms with Crippen molar-refractivity contribution < 1.29 is 49.9 Å². The number of carbonyl (C=O) groups is 1. The second-order valence-electron chi connectivity index (χ2n) is 4.16. The van der Waals surface area contributed by atoms with Crippen molar-refractivity contribution in [2.24, 2.45) is 0 Å². The third-order valence-corrected chi connectivity index (χ3v) is 2.97. The molecular weight excluding hydrogens is 361 g/mol. The zero-order valence-electron chi connectivity index (χ0n) is 12.2. The lowest BCUT2D eigenvalue weighted by Crippen LogP contribution is -2.18. The summed E-state index contributed by atoms with van der Waals surface area (Å²) < 4.78 is 85.8. The van der Waals surface area contributed by atoms with Crippen LogP contribution in [-0.2, 0) is 19.6 Å². The molecule has 136 valence electrons. The summed E-state index contributed by atoms with van der Waals surface area (Å²) in [6.45, 7) is -1.11. The van der Waals surface area contributed by atoms with Gasteiger partial charge in [0, 0.05) is 7.11 Å². The molecule has 0 unspecified atom stereocenters. The van der Waals surface area contributed by atoms with E-state index in [1.165, 1.54) is 7.11 Å². The lowest BCUT2D eigenvalue weighted by Gasteiger charge is -2.14. The molecule has 0 heterocycles. The van der Waals surface area contributed by atoms with Crippen molar-refractivity contribution in [1.29, 1.82) is 0 Å². The van der Waals surface area contributed by atoms with Crippen molar-refractivity contribution in [2.45, 2.75) is 6.36 Å². The minimum absolute atomic E-state index is 0.237. The highest BCUT2D eigenvalue weighted by Gasteiger charge is 2.32. The third-order valence-electron chi connectivity index (χ3n) is 2.30. The van der Waals surface area contributed by atoms with Crippen LogP contribution in [-0.4, -0.2) is 51.6 Å². The van der Waals surface area contributed by atoms with Gasteiger partial charge in [-0.25, -0.2) is 13.2 Å². The molecule has 1 rings (SSSR count). The van der Waals surface area contributed by atoms with Crippen molar-refractivity contribution in [3.8, 4) is 11.5 Å². The SMILES string of the molecule is COCOc1cc(C(=O)OCCS(=O)(=O)[O-])ccc1OC(F)(F)F. The lowest BCUT2D eigenvalue weighted by atomic mass is 10.2. The molecule has 0 fully saturated rings. The van der Waals surface area contributed by atoms with Gasteiger partial charge in [-0.3, -0.25) is 0 Å². The molecule has 8 nitrogen and oxygen atoms in total. The molecule has 0 saturated carbocycles. The standard InChI is InChI=1S/C12H13F3O8S/c1-20-7-22-10-6-8(2-3-9(10)23-12(13,14)15)11(16)21-4-5-24(17,18)19/h2-3,6H,4-5,7H2,1H3,(H,17,18,19)/p-1. The van der Waals surface area contributed by atoms with Gasteiger partial charge in [0.2, 0.25) is 0 Å². The van der Waals surface area contributed by atoms with Crippen LogP contribution in [0.4, 0.5) is 13.2 Å². The van der Waals surface area contributed by atoms with Crippen LogP contribution >= 0.6 is 0 Å². The van der Waals surface area contributed by atoms with E-state index in [0.717, 1.165) is 18.2 Å². The monoisotopic (exact) mass is 373 g/mol. The number of esters is 1. The van der Waals surface area contributed by atoms with Crippen molar-refractivity contribution in [1.82, 2.24) is 0 Å². The van der Waals surface area contributed by atoms with Crippen molar-refractivity contribution in [3.63, 3.8) is 0 Å². The van der Waals surface area contributed by atoms with E-state index < -0.39 is 53.1 Å². The van der Waals surface area contributed by atoms with Crippen LogP contribution in [0.5, 0.6) is 11.5 Å². The van der Waals surface area contributed by atoms with Crippen LogP contribution in [0.3, 0.4) is 0 Å². The van der Waals surface area contributed by atoms with Crippen LogP contribution in [0.2, 0.25) is 0 Å². The summed E-state index contributed by atoms with van der Waals surface area (Å²) in [5, 5.41) is 0. The van der Waals surface area contributed by atoms with E-state index in [4.69, 9.17) is 4.74 Å². The van der Waals surface area contributed by atoms with E-state index in [0.29, 0.717) is 0 Å². The molecule has 24 heavy (non-hydrogen) atoms. The Morgan fingerprint density at radius 2 is 1.92 bits per heavy atom. The van der Waals surface area contributed by atoms with Gasteiger partial charge in [0.05, 0.1) is 21.4 Å². The fraction of sp³-hybridized carbons (Fsp3) is 0.417. The summed E-state index contributed by atoms with van der Waals surface area (Å²) in [7, 11) is -3.33. The fourth-order valence-electron chi connectivity index (χ4n) is 1.40. The number of ether oxygens (including phenoxy) is 4.